The summed E-state index contributed by atoms with van der Waals surface area (Å²) in [6, 6.07) is 8.33. The predicted molar refractivity (Wildman–Crippen MR) is 68.7 cm³/mol. The number of nitrogens with one attached hydrogen (secondary N) is 1. The quantitative estimate of drug-likeness (QED) is 0.917. The Balaban J connectivity index is 1.88. The van der Waals surface area contributed by atoms with Crippen molar-refractivity contribution in [2.75, 3.05) is 6.54 Å². The van der Waals surface area contributed by atoms with Crippen LogP contribution in [0.15, 0.2) is 28.7 Å². The van der Waals surface area contributed by atoms with Crippen molar-refractivity contribution in [2.24, 2.45) is 0 Å². The topological polar surface area (TPSA) is 42.7 Å². The van der Waals surface area contributed by atoms with Crippen molar-refractivity contribution >= 4 is 15.9 Å². The molecular formula is C12H13BrN4. The van der Waals surface area contributed by atoms with Crippen molar-refractivity contribution in [1.82, 2.24) is 20.1 Å². The average molecular weight is 293 g/mol. The van der Waals surface area contributed by atoms with Crippen molar-refractivity contribution < 1.29 is 0 Å². The van der Waals surface area contributed by atoms with Crippen LogP contribution in [0.5, 0.6) is 0 Å². The lowest BCUT2D eigenvalue weighted by atomic mass is 10.1. The molecule has 1 aliphatic rings. The third kappa shape index (κ3) is 2.25. The first kappa shape index (κ1) is 10.9. The summed E-state index contributed by atoms with van der Waals surface area (Å²) in [5.41, 5.74) is 1.26. The highest BCUT2D eigenvalue weighted by atomic mass is 79.9. The van der Waals surface area contributed by atoms with E-state index < -0.39 is 0 Å². The maximum Gasteiger partial charge on any atom is 0.147 e. The Bertz CT molecular complexity index is 535. The van der Waals surface area contributed by atoms with Crippen molar-refractivity contribution in [2.45, 2.75) is 19.5 Å². The maximum atomic E-state index is 4.28. The molecule has 1 aliphatic heterocycles. The molecule has 0 saturated heterocycles. The van der Waals surface area contributed by atoms with Gasteiger partial charge in [0, 0.05) is 24.0 Å². The van der Waals surface area contributed by atoms with Gasteiger partial charge in [0.25, 0.3) is 0 Å². The van der Waals surface area contributed by atoms with E-state index in [1.807, 2.05) is 6.07 Å². The number of aromatic nitrogens is 3. The molecule has 2 aromatic rings. The van der Waals surface area contributed by atoms with Crippen LogP contribution in [0.2, 0.25) is 0 Å². The molecule has 0 aliphatic carbocycles. The molecule has 0 fully saturated rings. The summed E-state index contributed by atoms with van der Waals surface area (Å²) in [7, 11) is 0. The summed E-state index contributed by atoms with van der Waals surface area (Å²) in [4.78, 5) is 0. The summed E-state index contributed by atoms with van der Waals surface area (Å²) >= 11 is 3.49. The van der Waals surface area contributed by atoms with Crippen molar-refractivity contribution in [3.05, 3.63) is 46.0 Å². The van der Waals surface area contributed by atoms with E-state index in [1.165, 1.54) is 5.56 Å². The first-order valence-corrected chi connectivity index (χ1v) is 6.48. The molecule has 3 rings (SSSR count). The fourth-order valence-electron chi connectivity index (χ4n) is 2.11. The molecule has 0 radical (unpaired) electrons. The molecule has 1 aromatic carbocycles. The van der Waals surface area contributed by atoms with E-state index in [1.54, 1.807) is 0 Å². The molecule has 5 heteroatoms. The summed E-state index contributed by atoms with van der Waals surface area (Å²) in [5.74, 6) is 2.10. The van der Waals surface area contributed by atoms with Crippen LogP contribution in [-0.4, -0.2) is 21.3 Å². The zero-order valence-corrected chi connectivity index (χ0v) is 10.9. The van der Waals surface area contributed by atoms with Crippen LogP contribution in [-0.2, 0) is 19.5 Å². The molecule has 0 unspecified atom stereocenters. The van der Waals surface area contributed by atoms with Crippen LogP contribution in [0.4, 0.5) is 0 Å². The van der Waals surface area contributed by atoms with Gasteiger partial charge < -0.3 is 9.88 Å². The van der Waals surface area contributed by atoms with E-state index >= 15 is 0 Å². The summed E-state index contributed by atoms with van der Waals surface area (Å²) in [6.07, 6.45) is 0.840. The van der Waals surface area contributed by atoms with Gasteiger partial charge >= 0.3 is 0 Å². The standard InChI is InChI=1S/C12H13BrN4/c13-10-3-1-2-9(6-10)7-11-15-16-12-8-14-4-5-17(11)12/h1-3,6,14H,4-5,7-8H2. The number of nitrogens with zero attached hydrogens (tertiary/aromatic N) is 3. The minimum Gasteiger partial charge on any atom is -0.312 e. The fraction of sp³-hybridized carbons (Fsp3) is 0.333. The molecule has 0 bridgehead atoms. The Kier molecular flexibility index (Phi) is 2.94. The largest absolute Gasteiger partial charge is 0.312 e. The van der Waals surface area contributed by atoms with Gasteiger partial charge in [-0.3, -0.25) is 0 Å². The summed E-state index contributed by atoms with van der Waals surface area (Å²) in [6.45, 7) is 2.79. The number of rotatable bonds is 2. The molecule has 0 saturated carbocycles. The van der Waals surface area contributed by atoms with Gasteiger partial charge in [-0.2, -0.15) is 0 Å². The number of hydrogen-bond donors (Lipinski definition) is 1. The minimum absolute atomic E-state index is 0.825. The molecule has 0 spiro atoms. The summed E-state index contributed by atoms with van der Waals surface area (Å²) < 4.78 is 3.33. The van der Waals surface area contributed by atoms with Gasteiger partial charge in [0.2, 0.25) is 0 Å². The third-order valence-corrected chi connectivity index (χ3v) is 3.44. The third-order valence-electron chi connectivity index (χ3n) is 2.95. The summed E-state index contributed by atoms with van der Waals surface area (Å²) in [5, 5.41) is 11.8. The van der Waals surface area contributed by atoms with E-state index in [2.05, 4.69) is 54.2 Å². The highest BCUT2D eigenvalue weighted by Gasteiger charge is 2.15. The van der Waals surface area contributed by atoms with E-state index in [0.717, 1.165) is 42.2 Å². The smallest absolute Gasteiger partial charge is 0.147 e. The molecule has 0 amide bonds. The second-order valence-corrected chi connectivity index (χ2v) is 5.08. The minimum atomic E-state index is 0.825. The molecule has 2 heterocycles. The second kappa shape index (κ2) is 4.58. The van der Waals surface area contributed by atoms with Crippen LogP contribution >= 0.6 is 15.9 Å². The average Bonchev–Trinajstić information content (AvgIpc) is 2.73. The van der Waals surface area contributed by atoms with Crippen LogP contribution in [0.25, 0.3) is 0 Å². The monoisotopic (exact) mass is 292 g/mol. The molecule has 1 N–H and O–H groups in total. The first-order valence-electron chi connectivity index (χ1n) is 5.69. The molecular weight excluding hydrogens is 280 g/mol. The highest BCUT2D eigenvalue weighted by Crippen LogP contribution is 2.15. The van der Waals surface area contributed by atoms with Crippen LogP contribution < -0.4 is 5.32 Å². The molecule has 88 valence electrons. The lowest BCUT2D eigenvalue weighted by molar-refractivity contribution is 0.496. The zero-order chi connectivity index (χ0) is 11.7. The SMILES string of the molecule is Brc1cccc(Cc2nnc3n2CCNC3)c1. The maximum absolute atomic E-state index is 4.28. The van der Waals surface area contributed by atoms with Gasteiger partial charge in [-0.25, -0.2) is 0 Å². The van der Waals surface area contributed by atoms with Gasteiger partial charge in [-0.05, 0) is 17.7 Å². The molecule has 1 aromatic heterocycles. The first-order chi connectivity index (χ1) is 8.33. The molecule has 4 nitrogen and oxygen atoms in total. The van der Waals surface area contributed by atoms with Gasteiger partial charge in [0.05, 0.1) is 6.54 Å². The van der Waals surface area contributed by atoms with Crippen LogP contribution in [0.1, 0.15) is 17.2 Å². The normalized spacial score (nSPS) is 14.6. The Morgan fingerprint density at radius 2 is 2.29 bits per heavy atom. The van der Waals surface area contributed by atoms with E-state index in [4.69, 9.17) is 0 Å². The van der Waals surface area contributed by atoms with Crippen molar-refractivity contribution in [1.29, 1.82) is 0 Å². The van der Waals surface area contributed by atoms with Crippen molar-refractivity contribution in [3.63, 3.8) is 0 Å². The molecule has 0 atom stereocenters. The fourth-order valence-corrected chi connectivity index (χ4v) is 2.56. The van der Waals surface area contributed by atoms with Crippen LogP contribution in [0.3, 0.4) is 0 Å². The Morgan fingerprint density at radius 1 is 1.35 bits per heavy atom. The zero-order valence-electron chi connectivity index (χ0n) is 9.36. The lowest BCUT2D eigenvalue weighted by Crippen LogP contribution is -2.29. The van der Waals surface area contributed by atoms with Crippen molar-refractivity contribution in [3.8, 4) is 0 Å². The molecule has 17 heavy (non-hydrogen) atoms. The Hall–Kier alpha value is -1.20. The Labute approximate surface area is 108 Å². The number of halogens is 1. The van der Waals surface area contributed by atoms with Gasteiger partial charge in [0.15, 0.2) is 0 Å². The highest BCUT2D eigenvalue weighted by molar-refractivity contribution is 9.10. The Morgan fingerprint density at radius 3 is 3.18 bits per heavy atom. The van der Waals surface area contributed by atoms with E-state index in [9.17, 15) is 0 Å². The van der Waals surface area contributed by atoms with E-state index in [-0.39, 0.29) is 0 Å². The number of fused-ring (bicyclic) bond motifs is 1. The van der Waals surface area contributed by atoms with E-state index in [0.29, 0.717) is 0 Å². The van der Waals surface area contributed by atoms with Gasteiger partial charge in [-0.15, -0.1) is 10.2 Å². The lowest BCUT2D eigenvalue weighted by Gasteiger charge is -2.15. The number of benzene rings is 1. The second-order valence-electron chi connectivity index (χ2n) is 4.17. The number of hydrogen-bond acceptors (Lipinski definition) is 3. The van der Waals surface area contributed by atoms with Gasteiger partial charge in [0.1, 0.15) is 11.6 Å². The predicted octanol–water partition coefficient (Wildman–Crippen LogP) is 1.73. The van der Waals surface area contributed by atoms with Gasteiger partial charge in [-0.1, -0.05) is 28.1 Å². The van der Waals surface area contributed by atoms with Crippen LogP contribution in [0, 0.1) is 0 Å².